The Balaban J connectivity index is 3.65. The van der Waals surface area contributed by atoms with Gasteiger partial charge in [-0.2, -0.15) is 30.7 Å². The fraction of sp³-hybridized carbons (Fsp3) is 0.750. The molecule has 0 aliphatic carbocycles. The Bertz CT molecular complexity index is 1020. The van der Waals surface area contributed by atoms with E-state index in [9.17, 15) is 35.8 Å². The van der Waals surface area contributed by atoms with Gasteiger partial charge in [0.05, 0.1) is 31.5 Å². The number of aliphatic hydroxyl groups excluding tert-OH is 1. The van der Waals surface area contributed by atoms with Gasteiger partial charge in [-0.15, -0.1) is 6.58 Å². The van der Waals surface area contributed by atoms with Crippen molar-refractivity contribution >= 4 is 16.6 Å². The molecule has 4 nitrogen and oxygen atoms in total. The summed E-state index contributed by atoms with van der Waals surface area (Å²) in [6, 6.07) is 8.56. The molecule has 1 N–H and O–H groups in total. The third-order valence-electron chi connectivity index (χ3n) is 9.05. The SMILES string of the molecule is C=CC[C@@H](O)C[C@H](OCc1ccccc1)[C@@H](CO[Si](C)(C)C(C)(C)C)O[Si](CCC(F)(F)C(F)(F)C(F)(F)F)(C(C)C)C(C)C. The lowest BCUT2D eigenvalue weighted by molar-refractivity contribution is -0.354. The first-order chi connectivity index (χ1) is 20.3. The highest BCUT2D eigenvalue weighted by atomic mass is 28.4. The van der Waals surface area contributed by atoms with Crippen LogP contribution in [0.3, 0.4) is 0 Å². The molecule has 0 spiro atoms. The number of ether oxygens (including phenoxy) is 1. The zero-order valence-corrected chi connectivity index (χ0v) is 30.1. The molecule has 0 saturated heterocycles. The van der Waals surface area contributed by atoms with Crippen LogP contribution < -0.4 is 0 Å². The van der Waals surface area contributed by atoms with Crippen LogP contribution in [-0.2, 0) is 20.2 Å². The molecule has 3 atom stereocenters. The monoisotopic (exact) mass is 690 g/mol. The smallest absolute Gasteiger partial charge is 0.414 e. The van der Waals surface area contributed by atoms with Crippen molar-refractivity contribution in [3.8, 4) is 0 Å². The van der Waals surface area contributed by atoms with Crippen LogP contribution in [0, 0.1) is 0 Å². The van der Waals surface area contributed by atoms with Crippen LogP contribution in [0.2, 0.25) is 35.3 Å². The molecular formula is C32H53F7O4Si2. The predicted molar refractivity (Wildman–Crippen MR) is 170 cm³/mol. The van der Waals surface area contributed by atoms with Gasteiger partial charge in [0.25, 0.3) is 0 Å². The van der Waals surface area contributed by atoms with Crippen molar-refractivity contribution in [2.45, 2.75) is 146 Å². The van der Waals surface area contributed by atoms with E-state index in [4.69, 9.17) is 13.6 Å². The van der Waals surface area contributed by atoms with Crippen LogP contribution in [-0.4, -0.2) is 64.7 Å². The fourth-order valence-corrected chi connectivity index (χ4v) is 10.6. The van der Waals surface area contributed by atoms with Crippen molar-refractivity contribution in [1.82, 2.24) is 0 Å². The molecule has 0 saturated carbocycles. The van der Waals surface area contributed by atoms with E-state index in [1.807, 2.05) is 64.2 Å². The maximum atomic E-state index is 14.7. The Morgan fingerprint density at radius 1 is 0.889 bits per heavy atom. The first-order valence-corrected chi connectivity index (χ1v) is 20.6. The molecule has 0 aromatic heterocycles. The van der Waals surface area contributed by atoms with Gasteiger partial charge in [0.2, 0.25) is 0 Å². The van der Waals surface area contributed by atoms with Crippen molar-refractivity contribution in [3.05, 3.63) is 48.6 Å². The van der Waals surface area contributed by atoms with Crippen LogP contribution in [0.1, 0.15) is 73.3 Å². The topological polar surface area (TPSA) is 47.9 Å². The van der Waals surface area contributed by atoms with Crippen LogP contribution in [0.5, 0.6) is 0 Å². The normalized spacial score (nSPS) is 16.2. The lowest BCUT2D eigenvalue weighted by Gasteiger charge is -2.45. The Morgan fingerprint density at radius 2 is 1.42 bits per heavy atom. The summed E-state index contributed by atoms with van der Waals surface area (Å²) in [5.41, 5.74) is -0.0675. The quantitative estimate of drug-likeness (QED) is 0.0892. The number of hydrogen-bond donors (Lipinski definition) is 1. The molecule has 1 rings (SSSR count). The van der Waals surface area contributed by atoms with Gasteiger partial charge in [-0.3, -0.25) is 0 Å². The first kappa shape index (κ1) is 41.8. The molecule has 0 amide bonds. The third kappa shape index (κ3) is 11.2. The van der Waals surface area contributed by atoms with Crippen LogP contribution in [0.25, 0.3) is 0 Å². The summed E-state index contributed by atoms with van der Waals surface area (Å²) in [6.45, 7) is 20.8. The second-order valence-corrected chi connectivity index (χ2v) is 23.8. The standard InChI is InChI=1S/C32H53F7O4Si2/c1-11-15-26(40)20-27(41-21-25-16-13-12-14-17-25)28(22-42-44(9,10)29(6,7)8)43-45(23(2)3,24(4)5)19-18-30(33,34)31(35,36)32(37,38)39/h11-14,16-17,23-24,26-28,40H,1,15,18-22H2,2-10H3/t26-,27+,28-/m1/s1. The minimum Gasteiger partial charge on any atom is -0.414 e. The van der Waals surface area contributed by atoms with E-state index in [-0.39, 0.29) is 31.1 Å². The van der Waals surface area contributed by atoms with Gasteiger partial charge >= 0.3 is 18.0 Å². The molecule has 0 fully saturated rings. The van der Waals surface area contributed by atoms with E-state index in [1.54, 1.807) is 33.8 Å². The first-order valence-electron chi connectivity index (χ1n) is 15.4. The van der Waals surface area contributed by atoms with Gasteiger partial charge in [0, 0.05) is 12.8 Å². The van der Waals surface area contributed by atoms with E-state index in [0.29, 0.717) is 0 Å². The van der Waals surface area contributed by atoms with Gasteiger partial charge in [-0.05, 0) is 47.2 Å². The minimum absolute atomic E-state index is 0.0416. The van der Waals surface area contributed by atoms with E-state index >= 15 is 0 Å². The number of alkyl halides is 7. The van der Waals surface area contributed by atoms with Crippen molar-refractivity contribution < 1.29 is 49.4 Å². The molecule has 45 heavy (non-hydrogen) atoms. The Hall–Kier alpha value is -1.26. The summed E-state index contributed by atoms with van der Waals surface area (Å²) < 4.78 is 116. The van der Waals surface area contributed by atoms with E-state index in [1.165, 1.54) is 0 Å². The zero-order chi connectivity index (χ0) is 35.1. The summed E-state index contributed by atoms with van der Waals surface area (Å²) in [6.07, 6.45) is -8.93. The Kier molecular flexibility index (Phi) is 15.1. The predicted octanol–water partition coefficient (Wildman–Crippen LogP) is 10.3. The van der Waals surface area contributed by atoms with Crippen molar-refractivity contribution in [1.29, 1.82) is 0 Å². The van der Waals surface area contributed by atoms with Gasteiger partial charge in [0.15, 0.2) is 16.6 Å². The average molecular weight is 691 g/mol. The van der Waals surface area contributed by atoms with Crippen LogP contribution in [0.15, 0.2) is 43.0 Å². The number of benzene rings is 1. The largest absolute Gasteiger partial charge is 0.459 e. The molecule has 0 unspecified atom stereocenters. The average Bonchev–Trinajstić information content (AvgIpc) is 2.89. The maximum absolute atomic E-state index is 14.7. The zero-order valence-electron chi connectivity index (χ0n) is 28.1. The number of aliphatic hydroxyl groups is 1. The molecule has 262 valence electrons. The number of rotatable bonds is 19. The summed E-state index contributed by atoms with van der Waals surface area (Å²) in [7, 11) is -5.99. The Labute approximate surface area is 267 Å². The molecule has 0 radical (unpaired) electrons. The highest BCUT2D eigenvalue weighted by molar-refractivity contribution is 6.76. The molecule has 1 aromatic carbocycles. The Morgan fingerprint density at radius 3 is 1.87 bits per heavy atom. The summed E-state index contributed by atoms with van der Waals surface area (Å²) >= 11 is 0. The highest BCUT2D eigenvalue weighted by Gasteiger charge is 2.72. The minimum atomic E-state index is -6.41. The van der Waals surface area contributed by atoms with Crippen molar-refractivity contribution in [3.63, 3.8) is 0 Å². The molecule has 0 bridgehead atoms. The second-order valence-electron chi connectivity index (χ2n) is 14.0. The maximum Gasteiger partial charge on any atom is 0.459 e. The molecule has 0 heterocycles. The fourth-order valence-electron chi connectivity index (χ4n) is 4.96. The van der Waals surface area contributed by atoms with Gasteiger partial charge in [-0.25, -0.2) is 0 Å². The molecular weight excluding hydrogens is 638 g/mol. The summed E-state index contributed by atoms with van der Waals surface area (Å²) in [5, 5.41) is 10.6. The third-order valence-corrected chi connectivity index (χ3v) is 19.2. The summed E-state index contributed by atoms with van der Waals surface area (Å²) in [5.74, 6) is -11.5. The van der Waals surface area contributed by atoms with E-state index < -0.39 is 76.5 Å². The molecule has 0 aliphatic heterocycles. The van der Waals surface area contributed by atoms with Gasteiger partial charge < -0.3 is 18.7 Å². The van der Waals surface area contributed by atoms with E-state index in [2.05, 4.69) is 6.58 Å². The lowest BCUT2D eigenvalue weighted by Crippen LogP contribution is -2.56. The highest BCUT2D eigenvalue weighted by Crippen LogP contribution is 2.51. The summed E-state index contributed by atoms with van der Waals surface area (Å²) in [4.78, 5) is 0. The van der Waals surface area contributed by atoms with Crippen molar-refractivity contribution in [2.24, 2.45) is 0 Å². The van der Waals surface area contributed by atoms with Gasteiger partial charge in [-0.1, -0.05) is 84.9 Å². The second kappa shape index (κ2) is 16.2. The van der Waals surface area contributed by atoms with Crippen LogP contribution >= 0.6 is 0 Å². The van der Waals surface area contributed by atoms with Gasteiger partial charge in [0.1, 0.15) is 0 Å². The van der Waals surface area contributed by atoms with Crippen molar-refractivity contribution in [2.75, 3.05) is 6.61 Å². The number of halogens is 7. The van der Waals surface area contributed by atoms with Crippen LogP contribution in [0.4, 0.5) is 30.7 Å². The van der Waals surface area contributed by atoms with E-state index in [0.717, 1.165) is 5.56 Å². The molecule has 0 aliphatic rings. The molecule has 1 aromatic rings. The lowest BCUT2D eigenvalue weighted by atomic mass is 10.0. The number of hydrogen-bond acceptors (Lipinski definition) is 4. The molecule has 13 heteroatoms.